The van der Waals surface area contributed by atoms with Crippen molar-refractivity contribution in [2.45, 2.75) is 6.54 Å². The van der Waals surface area contributed by atoms with Gasteiger partial charge in [0, 0.05) is 0 Å². The fourth-order valence-electron chi connectivity index (χ4n) is 0.740. The summed E-state index contributed by atoms with van der Waals surface area (Å²) in [6.07, 6.45) is 3.87. The topological polar surface area (TPSA) is 93.5 Å². The van der Waals surface area contributed by atoms with E-state index in [1.807, 2.05) is 0 Å². The lowest BCUT2D eigenvalue weighted by atomic mass is 10.7. The first-order valence-electron chi connectivity index (χ1n) is 3.07. The molecule has 0 atom stereocenters. The predicted octanol–water partition coefficient (Wildman–Crippen LogP) is 0.251. The van der Waals surface area contributed by atoms with Gasteiger partial charge < -0.3 is 15.3 Å². The van der Waals surface area contributed by atoms with Crippen molar-refractivity contribution in [3.05, 3.63) is 22.5 Å². The molecule has 1 aromatic rings. The zero-order valence-electron chi connectivity index (χ0n) is 5.99. The van der Waals surface area contributed by atoms with Crippen LogP contribution in [0.4, 0.5) is 5.95 Å². The molecule has 0 unspecified atom stereocenters. The van der Waals surface area contributed by atoms with Crippen LogP contribution in [-0.4, -0.2) is 25.9 Å². The molecule has 0 spiro atoms. The summed E-state index contributed by atoms with van der Waals surface area (Å²) in [5, 5.41) is 21.0. The second-order valence-electron chi connectivity index (χ2n) is 1.93. The average Bonchev–Trinajstić information content (AvgIpc) is 2.48. The van der Waals surface area contributed by atoms with Crippen LogP contribution in [-0.2, 0) is 6.54 Å². The van der Waals surface area contributed by atoms with E-state index >= 15 is 0 Å². The van der Waals surface area contributed by atoms with E-state index in [9.17, 15) is 10.1 Å². The van der Waals surface area contributed by atoms with Gasteiger partial charge in [0.15, 0.2) is 0 Å². The molecule has 0 aliphatic rings. The Kier molecular flexibility index (Phi) is 2.36. The molecule has 1 aromatic heterocycles. The van der Waals surface area contributed by atoms with Gasteiger partial charge in [0.05, 0.1) is 6.21 Å². The molecule has 12 heavy (non-hydrogen) atoms. The first kappa shape index (κ1) is 8.18. The fraction of sp³-hybridized carbons (Fsp3) is 0.200. The Labute approximate surface area is 67.1 Å². The van der Waals surface area contributed by atoms with E-state index in [1.54, 1.807) is 0 Å². The number of rotatable bonds is 3. The van der Waals surface area contributed by atoms with Crippen molar-refractivity contribution in [2.24, 2.45) is 5.16 Å². The van der Waals surface area contributed by atoms with Crippen molar-refractivity contribution in [1.29, 1.82) is 0 Å². The fourth-order valence-corrected chi connectivity index (χ4v) is 0.740. The van der Waals surface area contributed by atoms with E-state index in [4.69, 9.17) is 5.21 Å². The third kappa shape index (κ3) is 1.57. The monoisotopic (exact) mass is 170 g/mol. The highest BCUT2D eigenvalue weighted by Gasteiger charge is 2.11. The summed E-state index contributed by atoms with van der Waals surface area (Å²) in [5.74, 6) is -0.269. The number of nitro groups is 1. The number of oxime groups is 1. The molecule has 0 aromatic carbocycles. The molecular weight excluding hydrogens is 164 g/mol. The van der Waals surface area contributed by atoms with Crippen molar-refractivity contribution >= 4 is 12.2 Å². The van der Waals surface area contributed by atoms with E-state index in [1.165, 1.54) is 17.0 Å². The van der Waals surface area contributed by atoms with E-state index in [0.29, 0.717) is 0 Å². The highest BCUT2D eigenvalue weighted by atomic mass is 16.6. The maximum atomic E-state index is 10.3. The average molecular weight is 170 g/mol. The molecule has 0 radical (unpaired) electrons. The normalized spacial score (nSPS) is 10.7. The molecular formula is C5H6N4O3. The molecule has 1 rings (SSSR count). The third-order valence-corrected chi connectivity index (χ3v) is 1.22. The van der Waals surface area contributed by atoms with Gasteiger partial charge in [-0.2, -0.15) is 0 Å². The largest absolute Gasteiger partial charge is 0.434 e. The van der Waals surface area contributed by atoms with Gasteiger partial charge in [0.1, 0.15) is 18.9 Å². The molecule has 7 heteroatoms. The minimum absolute atomic E-state index is 0.132. The lowest BCUT2D eigenvalue weighted by molar-refractivity contribution is -0.396. The molecule has 0 saturated heterocycles. The molecule has 0 amide bonds. The molecule has 0 saturated carbocycles. The highest BCUT2D eigenvalue weighted by molar-refractivity contribution is 5.56. The van der Waals surface area contributed by atoms with Crippen LogP contribution in [0.2, 0.25) is 0 Å². The van der Waals surface area contributed by atoms with Gasteiger partial charge >= 0.3 is 5.95 Å². The van der Waals surface area contributed by atoms with E-state index in [2.05, 4.69) is 10.1 Å². The van der Waals surface area contributed by atoms with Gasteiger partial charge in [-0.15, -0.1) is 0 Å². The van der Waals surface area contributed by atoms with Crippen LogP contribution in [0.3, 0.4) is 0 Å². The number of hydrogen-bond donors (Lipinski definition) is 1. The molecule has 0 bridgehead atoms. The Hall–Kier alpha value is -1.92. The summed E-state index contributed by atoms with van der Waals surface area (Å²) >= 11 is 0. The lowest BCUT2D eigenvalue weighted by Crippen LogP contribution is -2.03. The van der Waals surface area contributed by atoms with Gasteiger partial charge in [0.25, 0.3) is 0 Å². The van der Waals surface area contributed by atoms with Gasteiger partial charge in [-0.05, 0) is 4.92 Å². The lowest BCUT2D eigenvalue weighted by Gasteiger charge is -1.94. The highest BCUT2D eigenvalue weighted by Crippen LogP contribution is 2.05. The summed E-state index contributed by atoms with van der Waals surface area (Å²) in [6, 6.07) is 0. The Morgan fingerprint density at radius 2 is 2.67 bits per heavy atom. The second kappa shape index (κ2) is 3.46. The van der Waals surface area contributed by atoms with E-state index in [0.717, 1.165) is 6.21 Å². The van der Waals surface area contributed by atoms with Crippen LogP contribution in [0, 0.1) is 10.1 Å². The molecule has 7 nitrogen and oxygen atoms in total. The van der Waals surface area contributed by atoms with Crippen molar-refractivity contribution in [1.82, 2.24) is 9.55 Å². The minimum Gasteiger partial charge on any atom is -0.411 e. The molecule has 0 fully saturated rings. The summed E-state index contributed by atoms with van der Waals surface area (Å²) in [7, 11) is 0. The number of nitrogens with zero attached hydrogens (tertiary/aromatic N) is 4. The van der Waals surface area contributed by atoms with Crippen LogP contribution in [0.25, 0.3) is 0 Å². The van der Waals surface area contributed by atoms with Gasteiger partial charge in [-0.1, -0.05) is 10.1 Å². The van der Waals surface area contributed by atoms with Crippen molar-refractivity contribution in [3.63, 3.8) is 0 Å². The van der Waals surface area contributed by atoms with Crippen LogP contribution < -0.4 is 0 Å². The van der Waals surface area contributed by atoms with Crippen molar-refractivity contribution < 1.29 is 10.1 Å². The number of hydrogen-bond acceptors (Lipinski definition) is 5. The first-order chi connectivity index (χ1) is 5.75. The predicted molar refractivity (Wildman–Crippen MR) is 39.2 cm³/mol. The summed E-state index contributed by atoms with van der Waals surface area (Å²) in [6.45, 7) is 0.132. The van der Waals surface area contributed by atoms with Crippen LogP contribution in [0.1, 0.15) is 0 Å². The second-order valence-corrected chi connectivity index (χ2v) is 1.93. The molecule has 1 heterocycles. The van der Waals surface area contributed by atoms with E-state index < -0.39 is 4.92 Å². The van der Waals surface area contributed by atoms with Crippen LogP contribution >= 0.6 is 0 Å². The number of aromatic nitrogens is 2. The smallest absolute Gasteiger partial charge is 0.411 e. The summed E-state index contributed by atoms with van der Waals surface area (Å²) < 4.78 is 1.25. The Morgan fingerprint density at radius 1 is 1.92 bits per heavy atom. The van der Waals surface area contributed by atoms with Gasteiger partial charge in [0.2, 0.25) is 0 Å². The summed E-state index contributed by atoms with van der Waals surface area (Å²) in [4.78, 5) is 13.1. The van der Waals surface area contributed by atoms with Crippen molar-refractivity contribution in [2.75, 3.05) is 0 Å². The van der Waals surface area contributed by atoms with Crippen LogP contribution in [0.15, 0.2) is 17.5 Å². The Morgan fingerprint density at radius 3 is 3.25 bits per heavy atom. The molecule has 0 aliphatic heterocycles. The maximum absolute atomic E-state index is 10.3. The third-order valence-electron chi connectivity index (χ3n) is 1.22. The first-order valence-corrected chi connectivity index (χ1v) is 3.07. The zero-order valence-corrected chi connectivity index (χ0v) is 5.99. The Balaban J connectivity index is 2.84. The molecule has 1 N–H and O–H groups in total. The molecule has 64 valence electrons. The van der Waals surface area contributed by atoms with E-state index in [-0.39, 0.29) is 12.5 Å². The summed E-state index contributed by atoms with van der Waals surface area (Å²) in [5.41, 5.74) is 0. The van der Waals surface area contributed by atoms with Crippen LogP contribution in [0.5, 0.6) is 0 Å². The minimum atomic E-state index is -0.606. The maximum Gasteiger partial charge on any atom is 0.434 e. The molecule has 0 aliphatic carbocycles. The van der Waals surface area contributed by atoms with Gasteiger partial charge in [-0.3, -0.25) is 0 Å². The SMILES string of the molecule is O=[N+]([O-])c1nccn1C/C=N/O. The zero-order chi connectivity index (χ0) is 8.97. The van der Waals surface area contributed by atoms with Crippen molar-refractivity contribution in [3.8, 4) is 0 Å². The van der Waals surface area contributed by atoms with Gasteiger partial charge in [-0.25, -0.2) is 4.57 Å². The number of imidazole rings is 1. The standard InChI is InChI=1S/C5H6N4O3/c10-7-2-4-8-3-1-6-5(8)9(11)12/h1-3,10H,4H2/b7-2+. The quantitative estimate of drug-likeness (QED) is 0.304. The Bertz CT molecular complexity index is 305.